The number of benzene rings is 1. The largest absolute Gasteiger partial charge is 0.496 e. The third kappa shape index (κ3) is 1.69. The molecule has 1 aliphatic heterocycles. The van der Waals surface area contributed by atoms with Gasteiger partial charge in [0.25, 0.3) is 0 Å². The maximum Gasteiger partial charge on any atom is 0.232 e. The molecule has 1 amide bonds. The molecule has 1 saturated heterocycles. The summed E-state index contributed by atoms with van der Waals surface area (Å²) in [6.45, 7) is 4.69. The van der Waals surface area contributed by atoms with E-state index < -0.39 is 5.41 Å². The lowest BCUT2D eigenvalue weighted by molar-refractivity contribution is -0.141. The van der Waals surface area contributed by atoms with Crippen molar-refractivity contribution in [1.29, 1.82) is 0 Å². The minimum atomic E-state index is -0.718. The number of amides is 1. The van der Waals surface area contributed by atoms with Crippen LogP contribution < -0.4 is 10.5 Å². The summed E-state index contributed by atoms with van der Waals surface area (Å²) in [5, 5.41) is 0. The maximum absolute atomic E-state index is 11.7. The normalized spacial score (nSPS) is 17.4. The van der Waals surface area contributed by atoms with E-state index in [0.717, 1.165) is 16.7 Å². The highest BCUT2D eigenvalue weighted by Gasteiger charge is 2.48. The standard InChI is InChI=1S/C13H17NO3/c1-8-4-10(11(16-3)5-9(8)2)13(12(14)15)6-17-7-13/h4-5H,6-7H2,1-3H3,(H2,14,15). The smallest absolute Gasteiger partial charge is 0.232 e. The van der Waals surface area contributed by atoms with Crippen molar-refractivity contribution in [3.05, 3.63) is 28.8 Å². The van der Waals surface area contributed by atoms with E-state index >= 15 is 0 Å². The SMILES string of the molecule is COc1cc(C)c(C)cc1C1(C(N)=O)COC1. The van der Waals surface area contributed by atoms with Crippen LogP contribution in [0.25, 0.3) is 0 Å². The van der Waals surface area contributed by atoms with E-state index in [-0.39, 0.29) is 5.91 Å². The van der Waals surface area contributed by atoms with Crippen LogP contribution in [0.15, 0.2) is 12.1 Å². The summed E-state index contributed by atoms with van der Waals surface area (Å²) < 4.78 is 10.5. The first kappa shape index (κ1) is 11.9. The number of hydrogen-bond acceptors (Lipinski definition) is 3. The van der Waals surface area contributed by atoms with Crippen molar-refractivity contribution in [2.45, 2.75) is 19.3 Å². The molecule has 1 aromatic rings. The average Bonchev–Trinajstić information content (AvgIpc) is 2.20. The summed E-state index contributed by atoms with van der Waals surface area (Å²) in [7, 11) is 1.60. The first-order valence-electron chi connectivity index (χ1n) is 5.54. The van der Waals surface area contributed by atoms with Crippen molar-refractivity contribution < 1.29 is 14.3 Å². The molecule has 0 spiro atoms. The molecule has 1 aliphatic rings. The molecule has 0 bridgehead atoms. The summed E-state index contributed by atoms with van der Waals surface area (Å²) in [4.78, 5) is 11.7. The van der Waals surface area contributed by atoms with E-state index in [1.54, 1.807) is 7.11 Å². The first-order chi connectivity index (χ1) is 8.01. The highest BCUT2D eigenvalue weighted by molar-refractivity contribution is 5.89. The third-order valence-electron chi connectivity index (χ3n) is 3.50. The Labute approximate surface area is 101 Å². The predicted molar refractivity (Wildman–Crippen MR) is 64.2 cm³/mol. The molecular formula is C13H17NO3. The molecule has 4 heteroatoms. The van der Waals surface area contributed by atoms with Crippen LogP contribution in [0.5, 0.6) is 5.75 Å². The van der Waals surface area contributed by atoms with Crippen LogP contribution in [-0.4, -0.2) is 26.2 Å². The van der Waals surface area contributed by atoms with Gasteiger partial charge < -0.3 is 15.2 Å². The molecule has 0 atom stereocenters. The minimum Gasteiger partial charge on any atom is -0.496 e. The molecule has 1 aromatic carbocycles. The van der Waals surface area contributed by atoms with Crippen molar-refractivity contribution in [2.24, 2.45) is 5.73 Å². The number of ether oxygens (including phenoxy) is 2. The van der Waals surface area contributed by atoms with E-state index in [9.17, 15) is 4.79 Å². The van der Waals surface area contributed by atoms with Crippen LogP contribution in [0.3, 0.4) is 0 Å². The lowest BCUT2D eigenvalue weighted by atomic mass is 9.76. The van der Waals surface area contributed by atoms with E-state index in [2.05, 4.69) is 0 Å². The van der Waals surface area contributed by atoms with E-state index in [1.807, 2.05) is 26.0 Å². The van der Waals surface area contributed by atoms with E-state index in [1.165, 1.54) is 0 Å². The maximum atomic E-state index is 11.7. The second-order valence-corrected chi connectivity index (χ2v) is 4.58. The third-order valence-corrected chi connectivity index (χ3v) is 3.50. The Morgan fingerprint density at radius 1 is 1.35 bits per heavy atom. The molecule has 1 heterocycles. The molecule has 0 unspecified atom stereocenters. The number of nitrogens with two attached hydrogens (primary N) is 1. The van der Waals surface area contributed by atoms with Gasteiger partial charge in [-0.15, -0.1) is 0 Å². The number of carbonyl (C=O) groups is 1. The molecule has 0 radical (unpaired) electrons. The van der Waals surface area contributed by atoms with Crippen LogP contribution in [0, 0.1) is 13.8 Å². The van der Waals surface area contributed by atoms with Crippen molar-refractivity contribution >= 4 is 5.91 Å². The Morgan fingerprint density at radius 3 is 2.35 bits per heavy atom. The zero-order valence-electron chi connectivity index (χ0n) is 10.4. The predicted octanol–water partition coefficient (Wildman–Crippen LogP) is 1.07. The van der Waals surface area contributed by atoms with Crippen LogP contribution in [-0.2, 0) is 14.9 Å². The van der Waals surface area contributed by atoms with Crippen LogP contribution in [0.1, 0.15) is 16.7 Å². The molecule has 0 aromatic heterocycles. The first-order valence-corrected chi connectivity index (χ1v) is 5.54. The van der Waals surface area contributed by atoms with Gasteiger partial charge in [0.1, 0.15) is 11.2 Å². The fourth-order valence-corrected chi connectivity index (χ4v) is 2.07. The Hall–Kier alpha value is -1.55. The van der Waals surface area contributed by atoms with Crippen molar-refractivity contribution in [2.75, 3.05) is 20.3 Å². The molecule has 2 rings (SSSR count). The van der Waals surface area contributed by atoms with Crippen molar-refractivity contribution in [1.82, 2.24) is 0 Å². The van der Waals surface area contributed by atoms with Gasteiger partial charge in [-0.05, 0) is 31.0 Å². The zero-order chi connectivity index (χ0) is 12.6. The summed E-state index contributed by atoms with van der Waals surface area (Å²) in [5.41, 5.74) is 7.87. The van der Waals surface area contributed by atoms with Crippen LogP contribution >= 0.6 is 0 Å². The topological polar surface area (TPSA) is 61.5 Å². The molecule has 4 nitrogen and oxygen atoms in total. The Bertz CT molecular complexity index is 464. The lowest BCUT2D eigenvalue weighted by Crippen LogP contribution is -2.56. The quantitative estimate of drug-likeness (QED) is 0.852. The Kier molecular flexibility index (Phi) is 2.83. The van der Waals surface area contributed by atoms with Gasteiger partial charge in [-0.1, -0.05) is 6.07 Å². The van der Waals surface area contributed by atoms with Gasteiger partial charge in [0.15, 0.2) is 0 Å². The molecule has 17 heavy (non-hydrogen) atoms. The summed E-state index contributed by atoms with van der Waals surface area (Å²) in [6.07, 6.45) is 0. The fraction of sp³-hybridized carbons (Fsp3) is 0.462. The fourth-order valence-electron chi connectivity index (χ4n) is 2.07. The summed E-state index contributed by atoms with van der Waals surface area (Å²) in [5.74, 6) is 0.348. The zero-order valence-corrected chi connectivity index (χ0v) is 10.4. The number of rotatable bonds is 3. The lowest BCUT2D eigenvalue weighted by Gasteiger charge is -2.39. The van der Waals surface area contributed by atoms with Gasteiger partial charge in [-0.3, -0.25) is 4.79 Å². The van der Waals surface area contributed by atoms with E-state index in [0.29, 0.717) is 19.0 Å². The molecular weight excluding hydrogens is 218 g/mol. The summed E-state index contributed by atoms with van der Waals surface area (Å²) >= 11 is 0. The van der Waals surface area contributed by atoms with Gasteiger partial charge in [-0.25, -0.2) is 0 Å². The molecule has 0 saturated carbocycles. The Morgan fingerprint density at radius 2 is 1.94 bits per heavy atom. The van der Waals surface area contributed by atoms with Crippen LogP contribution in [0.2, 0.25) is 0 Å². The van der Waals surface area contributed by atoms with Crippen LogP contribution in [0.4, 0.5) is 0 Å². The monoisotopic (exact) mass is 235 g/mol. The van der Waals surface area contributed by atoms with Gasteiger partial charge in [0, 0.05) is 5.56 Å². The second-order valence-electron chi connectivity index (χ2n) is 4.58. The second kappa shape index (κ2) is 4.04. The average molecular weight is 235 g/mol. The van der Waals surface area contributed by atoms with Crippen molar-refractivity contribution in [3.8, 4) is 5.75 Å². The molecule has 92 valence electrons. The Balaban J connectivity index is 2.57. The molecule has 1 fully saturated rings. The number of methoxy groups -OCH3 is 1. The number of aryl methyl sites for hydroxylation is 2. The van der Waals surface area contributed by atoms with Gasteiger partial charge in [0.05, 0.1) is 20.3 Å². The molecule has 2 N–H and O–H groups in total. The highest BCUT2D eigenvalue weighted by Crippen LogP contribution is 2.39. The number of carbonyl (C=O) groups excluding carboxylic acids is 1. The molecule has 0 aliphatic carbocycles. The van der Waals surface area contributed by atoms with Crippen molar-refractivity contribution in [3.63, 3.8) is 0 Å². The number of hydrogen-bond donors (Lipinski definition) is 1. The van der Waals surface area contributed by atoms with Gasteiger partial charge in [-0.2, -0.15) is 0 Å². The minimum absolute atomic E-state index is 0.335. The van der Waals surface area contributed by atoms with E-state index in [4.69, 9.17) is 15.2 Å². The number of primary amides is 1. The highest BCUT2D eigenvalue weighted by atomic mass is 16.5. The van der Waals surface area contributed by atoms with Gasteiger partial charge >= 0.3 is 0 Å². The summed E-state index contributed by atoms with van der Waals surface area (Å²) in [6, 6.07) is 3.91. The van der Waals surface area contributed by atoms with Gasteiger partial charge in [0.2, 0.25) is 5.91 Å².